The topological polar surface area (TPSA) is 47.8 Å². The van der Waals surface area contributed by atoms with E-state index in [4.69, 9.17) is 0 Å². The average Bonchev–Trinajstić information content (AvgIpc) is 2.78. The Hall–Kier alpha value is -1.97. The van der Waals surface area contributed by atoms with Crippen LogP contribution in [0.4, 0.5) is 0 Å². The molecule has 0 saturated carbocycles. The van der Waals surface area contributed by atoms with E-state index in [1.54, 1.807) is 18.6 Å². The number of imidazole rings is 1. The van der Waals surface area contributed by atoms with Crippen molar-refractivity contribution < 1.29 is 4.79 Å². The fourth-order valence-corrected chi connectivity index (χ4v) is 1.76. The van der Waals surface area contributed by atoms with Gasteiger partial charge in [-0.2, -0.15) is 0 Å². The maximum absolute atomic E-state index is 12.3. The summed E-state index contributed by atoms with van der Waals surface area (Å²) < 4.78 is 1.88. The summed E-state index contributed by atoms with van der Waals surface area (Å²) >= 11 is 0. The molecule has 2 rings (SSSR count). The molecule has 0 saturated heterocycles. The summed E-state index contributed by atoms with van der Waals surface area (Å²) in [6, 6.07) is 1.83. The highest BCUT2D eigenvalue weighted by Gasteiger charge is 2.16. The van der Waals surface area contributed by atoms with E-state index in [-0.39, 0.29) is 5.78 Å². The van der Waals surface area contributed by atoms with Crippen LogP contribution in [-0.4, -0.2) is 20.3 Å². The fourth-order valence-electron chi connectivity index (χ4n) is 1.76. The van der Waals surface area contributed by atoms with Gasteiger partial charge in [0.25, 0.3) is 0 Å². The summed E-state index contributed by atoms with van der Waals surface area (Å²) in [6.07, 6.45) is 7.76. The van der Waals surface area contributed by atoms with Crippen LogP contribution in [-0.2, 0) is 6.54 Å². The predicted octanol–water partition coefficient (Wildman–Crippen LogP) is 2.23. The lowest BCUT2D eigenvalue weighted by Gasteiger charge is -2.06. The molecule has 0 aliphatic heterocycles. The van der Waals surface area contributed by atoms with Crippen LogP contribution < -0.4 is 0 Å². The summed E-state index contributed by atoms with van der Waals surface area (Å²) in [6.45, 7) is 4.78. The molecule has 4 nitrogen and oxygen atoms in total. The number of aromatic nitrogens is 3. The van der Waals surface area contributed by atoms with Gasteiger partial charge in [0.1, 0.15) is 0 Å². The van der Waals surface area contributed by atoms with Crippen LogP contribution in [0.1, 0.15) is 35.1 Å². The molecule has 0 bridgehead atoms. The third-order valence-corrected chi connectivity index (χ3v) is 2.67. The molecule has 2 aromatic rings. The van der Waals surface area contributed by atoms with E-state index in [1.165, 1.54) is 0 Å². The van der Waals surface area contributed by atoms with Gasteiger partial charge in [0.05, 0.1) is 0 Å². The fraction of sp³-hybridized carbons (Fsp3) is 0.308. The second-order valence-electron chi connectivity index (χ2n) is 3.96. The van der Waals surface area contributed by atoms with E-state index in [1.807, 2.05) is 23.8 Å². The van der Waals surface area contributed by atoms with Crippen molar-refractivity contribution in [3.05, 3.63) is 47.8 Å². The largest absolute Gasteiger partial charge is 0.328 e. The Balaban J connectivity index is 2.37. The molecule has 0 aliphatic rings. The van der Waals surface area contributed by atoms with Gasteiger partial charge in [-0.1, -0.05) is 6.92 Å². The average molecular weight is 229 g/mol. The Morgan fingerprint density at radius 2 is 2.24 bits per heavy atom. The second kappa shape index (κ2) is 4.91. The van der Waals surface area contributed by atoms with Gasteiger partial charge < -0.3 is 4.57 Å². The Bertz CT molecular complexity index is 531. The van der Waals surface area contributed by atoms with Crippen LogP contribution in [0.5, 0.6) is 0 Å². The highest BCUT2D eigenvalue weighted by Crippen LogP contribution is 2.11. The molecule has 0 unspecified atom stereocenters. The number of nitrogens with zero attached hydrogens (tertiary/aromatic N) is 3. The number of pyridine rings is 1. The maximum Gasteiger partial charge on any atom is 0.230 e. The number of carbonyl (C=O) groups is 1. The first-order chi connectivity index (χ1) is 8.24. The quantitative estimate of drug-likeness (QED) is 0.755. The molecule has 0 N–H and O–H groups in total. The van der Waals surface area contributed by atoms with E-state index in [0.717, 1.165) is 18.5 Å². The van der Waals surface area contributed by atoms with E-state index >= 15 is 0 Å². The molecule has 88 valence electrons. The van der Waals surface area contributed by atoms with Gasteiger partial charge in [-0.3, -0.25) is 9.78 Å². The number of hydrogen-bond acceptors (Lipinski definition) is 3. The van der Waals surface area contributed by atoms with E-state index < -0.39 is 0 Å². The molecule has 17 heavy (non-hydrogen) atoms. The van der Waals surface area contributed by atoms with Gasteiger partial charge in [-0.15, -0.1) is 0 Å². The van der Waals surface area contributed by atoms with Crippen molar-refractivity contribution in [2.75, 3.05) is 0 Å². The molecule has 0 atom stereocenters. The zero-order valence-corrected chi connectivity index (χ0v) is 10.1. The normalized spacial score (nSPS) is 10.5. The highest BCUT2D eigenvalue weighted by molar-refractivity contribution is 6.07. The molecule has 0 fully saturated rings. The minimum absolute atomic E-state index is 0.0611. The highest BCUT2D eigenvalue weighted by atomic mass is 16.1. The second-order valence-corrected chi connectivity index (χ2v) is 3.96. The third-order valence-electron chi connectivity index (χ3n) is 2.67. The molecule has 0 amide bonds. The monoisotopic (exact) mass is 229 g/mol. The van der Waals surface area contributed by atoms with Gasteiger partial charge >= 0.3 is 0 Å². The number of hydrogen-bond donors (Lipinski definition) is 0. The molecule has 4 heteroatoms. The van der Waals surface area contributed by atoms with E-state index in [2.05, 4.69) is 16.9 Å². The third kappa shape index (κ3) is 2.25. The molecular weight excluding hydrogens is 214 g/mol. The Labute approximate surface area is 100 Å². The Morgan fingerprint density at radius 1 is 1.41 bits per heavy atom. The minimum Gasteiger partial charge on any atom is -0.328 e. The lowest BCUT2D eigenvalue weighted by molar-refractivity contribution is 0.102. The van der Waals surface area contributed by atoms with Crippen LogP contribution >= 0.6 is 0 Å². The number of carbonyl (C=O) groups excluding carboxylic acids is 1. The van der Waals surface area contributed by atoms with Crippen molar-refractivity contribution in [1.29, 1.82) is 0 Å². The summed E-state index contributed by atoms with van der Waals surface area (Å²) in [4.78, 5) is 20.4. The standard InChI is InChI=1S/C13H15N3O/c1-3-7-16-8-6-15-13(16)12(17)11-9-14-5-4-10(11)2/h4-6,8-9H,3,7H2,1-2H3. The molecular formula is C13H15N3O. The van der Waals surface area contributed by atoms with Gasteiger partial charge in [-0.05, 0) is 25.0 Å². The van der Waals surface area contributed by atoms with Crippen molar-refractivity contribution in [1.82, 2.24) is 14.5 Å². The summed E-state index contributed by atoms with van der Waals surface area (Å²) in [5.74, 6) is 0.428. The number of ketones is 1. The zero-order valence-electron chi connectivity index (χ0n) is 10.1. The maximum atomic E-state index is 12.3. The van der Waals surface area contributed by atoms with Gasteiger partial charge in [0.2, 0.25) is 5.78 Å². The van der Waals surface area contributed by atoms with Crippen molar-refractivity contribution in [3.63, 3.8) is 0 Å². The van der Waals surface area contributed by atoms with Gasteiger partial charge in [0, 0.05) is 36.9 Å². The molecule has 2 aromatic heterocycles. The number of aryl methyl sites for hydroxylation is 2. The Morgan fingerprint density at radius 3 is 2.94 bits per heavy atom. The minimum atomic E-state index is -0.0611. The summed E-state index contributed by atoms with van der Waals surface area (Å²) in [7, 11) is 0. The van der Waals surface area contributed by atoms with E-state index in [0.29, 0.717) is 11.4 Å². The molecule has 0 radical (unpaired) electrons. The van der Waals surface area contributed by atoms with Crippen LogP contribution in [0, 0.1) is 6.92 Å². The molecule has 0 aromatic carbocycles. The van der Waals surface area contributed by atoms with Crippen molar-refractivity contribution >= 4 is 5.78 Å². The van der Waals surface area contributed by atoms with Crippen LogP contribution in [0.15, 0.2) is 30.9 Å². The molecule has 2 heterocycles. The zero-order chi connectivity index (χ0) is 12.3. The first-order valence-corrected chi connectivity index (χ1v) is 5.70. The first kappa shape index (κ1) is 11.5. The first-order valence-electron chi connectivity index (χ1n) is 5.70. The smallest absolute Gasteiger partial charge is 0.230 e. The SMILES string of the molecule is CCCn1ccnc1C(=O)c1cnccc1C. The lowest BCUT2D eigenvalue weighted by atomic mass is 10.1. The summed E-state index contributed by atoms with van der Waals surface area (Å²) in [5.41, 5.74) is 1.55. The van der Waals surface area contributed by atoms with E-state index in [9.17, 15) is 4.79 Å². The molecule has 0 aliphatic carbocycles. The van der Waals surface area contributed by atoms with Crippen molar-refractivity contribution in [2.45, 2.75) is 26.8 Å². The predicted molar refractivity (Wildman–Crippen MR) is 64.9 cm³/mol. The van der Waals surface area contributed by atoms with Crippen LogP contribution in [0.2, 0.25) is 0 Å². The van der Waals surface area contributed by atoms with Crippen LogP contribution in [0.3, 0.4) is 0 Å². The van der Waals surface area contributed by atoms with Crippen molar-refractivity contribution in [2.24, 2.45) is 0 Å². The molecule has 0 spiro atoms. The lowest BCUT2D eigenvalue weighted by Crippen LogP contribution is -2.12. The Kier molecular flexibility index (Phi) is 3.32. The van der Waals surface area contributed by atoms with Gasteiger partial charge in [0.15, 0.2) is 5.82 Å². The van der Waals surface area contributed by atoms with Gasteiger partial charge in [-0.25, -0.2) is 4.98 Å². The summed E-state index contributed by atoms with van der Waals surface area (Å²) in [5, 5.41) is 0. The van der Waals surface area contributed by atoms with Crippen molar-refractivity contribution in [3.8, 4) is 0 Å². The number of rotatable bonds is 4. The van der Waals surface area contributed by atoms with Crippen LogP contribution in [0.25, 0.3) is 0 Å².